The third kappa shape index (κ3) is 6.32. The number of imide groups is 1. The highest BCUT2D eigenvalue weighted by Gasteiger charge is 2.37. The van der Waals surface area contributed by atoms with E-state index in [0.717, 1.165) is 15.7 Å². The third-order valence-corrected chi connectivity index (χ3v) is 6.82. The molecule has 208 valence electrons. The van der Waals surface area contributed by atoms with Crippen LogP contribution in [-0.4, -0.2) is 57.2 Å². The van der Waals surface area contributed by atoms with Gasteiger partial charge >= 0.3 is 5.97 Å². The van der Waals surface area contributed by atoms with Crippen molar-refractivity contribution in [2.24, 2.45) is 5.92 Å². The summed E-state index contributed by atoms with van der Waals surface area (Å²) < 4.78 is 0. The third-order valence-electron chi connectivity index (χ3n) is 6.82. The van der Waals surface area contributed by atoms with Crippen LogP contribution in [-0.2, 0) is 16.1 Å². The van der Waals surface area contributed by atoms with Gasteiger partial charge in [0.2, 0.25) is 5.91 Å². The fourth-order valence-electron chi connectivity index (χ4n) is 4.73. The van der Waals surface area contributed by atoms with Gasteiger partial charge in [-0.3, -0.25) is 39.5 Å². The van der Waals surface area contributed by atoms with Crippen LogP contribution in [0, 0.1) is 16.0 Å². The minimum absolute atomic E-state index is 0.0578. The SMILES string of the molecule is CC(C)C[C@H](N[C@H](CCN1C(=O)c2cc3ccccc3cc2C1=O)C(=O)O)C(=O)NCc1ccc([N+](=O)[O-])cc1. The first-order chi connectivity index (χ1) is 19.0. The standard InChI is InChI=1S/C29H30N4O7/c1-17(2)13-25(26(34)30-16-18-7-9-21(10-8-18)33(39)40)31-24(29(37)38)11-12-32-27(35)22-14-19-5-3-4-6-20(19)15-23(22)28(32)36/h3-10,14-15,17,24-25,31H,11-13,16H2,1-2H3,(H,30,34)(H,37,38)/t24-,25+/m1/s1. The van der Waals surface area contributed by atoms with Gasteiger partial charge in [-0.25, -0.2) is 0 Å². The van der Waals surface area contributed by atoms with Crippen molar-refractivity contribution in [2.45, 2.75) is 45.3 Å². The Morgan fingerprint density at radius 1 is 0.950 bits per heavy atom. The fraction of sp³-hybridized carbons (Fsp3) is 0.310. The average Bonchev–Trinajstić information content (AvgIpc) is 3.15. The number of aliphatic carboxylic acids is 1. The average molecular weight is 547 g/mol. The predicted octanol–water partition coefficient (Wildman–Crippen LogP) is 3.51. The molecule has 0 radical (unpaired) electrons. The number of rotatable bonds is 12. The molecular weight excluding hydrogens is 516 g/mol. The highest BCUT2D eigenvalue weighted by molar-refractivity contribution is 6.23. The summed E-state index contributed by atoms with van der Waals surface area (Å²) in [5.74, 6) is -2.53. The summed E-state index contributed by atoms with van der Waals surface area (Å²) >= 11 is 0. The lowest BCUT2D eigenvalue weighted by Crippen LogP contribution is -2.52. The van der Waals surface area contributed by atoms with Crippen LogP contribution in [0.3, 0.4) is 0 Å². The van der Waals surface area contributed by atoms with Crippen LogP contribution in [0.2, 0.25) is 0 Å². The molecule has 1 aliphatic heterocycles. The van der Waals surface area contributed by atoms with Crippen molar-refractivity contribution in [3.63, 3.8) is 0 Å². The van der Waals surface area contributed by atoms with Gasteiger partial charge in [0.05, 0.1) is 22.1 Å². The number of carbonyl (C=O) groups excluding carboxylic acids is 3. The Kier molecular flexibility index (Phi) is 8.54. The number of carboxylic acid groups (broad SMARTS) is 1. The molecule has 1 heterocycles. The van der Waals surface area contributed by atoms with Crippen LogP contribution in [0.4, 0.5) is 5.69 Å². The van der Waals surface area contributed by atoms with Crippen LogP contribution >= 0.6 is 0 Å². The number of nitrogens with one attached hydrogen (secondary N) is 2. The molecule has 0 saturated heterocycles. The molecule has 3 N–H and O–H groups in total. The first-order valence-corrected chi connectivity index (χ1v) is 12.9. The van der Waals surface area contributed by atoms with E-state index in [9.17, 15) is 34.4 Å². The number of benzene rings is 3. The highest BCUT2D eigenvalue weighted by atomic mass is 16.6. The Balaban J connectivity index is 1.42. The number of nitrogens with zero attached hydrogens (tertiary/aromatic N) is 2. The number of carbonyl (C=O) groups is 4. The van der Waals surface area contributed by atoms with E-state index in [-0.39, 0.29) is 42.2 Å². The zero-order valence-corrected chi connectivity index (χ0v) is 22.1. The second-order valence-electron chi connectivity index (χ2n) is 10.2. The lowest BCUT2D eigenvalue weighted by atomic mass is 10.0. The van der Waals surface area contributed by atoms with E-state index in [2.05, 4.69) is 10.6 Å². The summed E-state index contributed by atoms with van der Waals surface area (Å²) in [4.78, 5) is 62.6. The van der Waals surface area contributed by atoms with Gasteiger partial charge < -0.3 is 10.4 Å². The first kappa shape index (κ1) is 28.4. The van der Waals surface area contributed by atoms with Gasteiger partial charge in [0.25, 0.3) is 17.5 Å². The van der Waals surface area contributed by atoms with E-state index in [1.165, 1.54) is 24.3 Å². The van der Waals surface area contributed by atoms with Gasteiger partial charge in [0.15, 0.2) is 0 Å². The molecule has 3 aromatic carbocycles. The number of carboxylic acids is 1. The summed E-state index contributed by atoms with van der Waals surface area (Å²) in [6.07, 6.45) is 0.250. The smallest absolute Gasteiger partial charge is 0.320 e. The molecule has 11 nitrogen and oxygen atoms in total. The van der Waals surface area contributed by atoms with Crippen LogP contribution in [0.1, 0.15) is 53.0 Å². The Morgan fingerprint density at radius 2 is 1.52 bits per heavy atom. The molecule has 3 aromatic rings. The monoisotopic (exact) mass is 546 g/mol. The Hall–Kier alpha value is -4.64. The summed E-state index contributed by atoms with van der Waals surface area (Å²) in [6, 6.07) is 14.4. The maximum Gasteiger partial charge on any atom is 0.320 e. The van der Waals surface area contributed by atoms with E-state index < -0.39 is 40.7 Å². The van der Waals surface area contributed by atoms with Crippen molar-refractivity contribution in [3.05, 3.63) is 87.5 Å². The number of hydrogen-bond donors (Lipinski definition) is 3. The molecule has 0 aliphatic carbocycles. The topological polar surface area (TPSA) is 159 Å². The number of amides is 3. The van der Waals surface area contributed by atoms with Crippen LogP contribution < -0.4 is 10.6 Å². The fourth-order valence-corrected chi connectivity index (χ4v) is 4.73. The van der Waals surface area contributed by atoms with Crippen molar-refractivity contribution < 1.29 is 29.2 Å². The van der Waals surface area contributed by atoms with Crippen molar-refractivity contribution in [1.82, 2.24) is 15.5 Å². The molecule has 0 bridgehead atoms. The molecule has 2 atom stereocenters. The number of hydrogen-bond acceptors (Lipinski definition) is 7. The summed E-state index contributed by atoms with van der Waals surface area (Å²) in [7, 11) is 0. The molecular formula is C29H30N4O7. The normalized spacial score (nSPS) is 14.3. The number of nitro groups is 1. The summed E-state index contributed by atoms with van der Waals surface area (Å²) in [5, 5.41) is 28.0. The van der Waals surface area contributed by atoms with Gasteiger partial charge in [0, 0.05) is 25.2 Å². The largest absolute Gasteiger partial charge is 0.480 e. The lowest BCUT2D eigenvalue weighted by molar-refractivity contribution is -0.384. The molecule has 0 saturated carbocycles. The van der Waals surface area contributed by atoms with Crippen molar-refractivity contribution in [3.8, 4) is 0 Å². The van der Waals surface area contributed by atoms with Crippen molar-refractivity contribution in [1.29, 1.82) is 0 Å². The number of nitro benzene ring substituents is 1. The molecule has 11 heteroatoms. The summed E-state index contributed by atoms with van der Waals surface area (Å²) in [5.41, 5.74) is 1.15. The Bertz CT molecular complexity index is 1410. The lowest BCUT2D eigenvalue weighted by Gasteiger charge is -2.25. The zero-order valence-electron chi connectivity index (χ0n) is 22.1. The Labute approximate surface area is 230 Å². The second-order valence-corrected chi connectivity index (χ2v) is 10.2. The summed E-state index contributed by atoms with van der Waals surface area (Å²) in [6.45, 7) is 3.77. The van der Waals surface area contributed by atoms with Crippen LogP contribution in [0.5, 0.6) is 0 Å². The van der Waals surface area contributed by atoms with E-state index in [1.54, 1.807) is 12.1 Å². The zero-order chi connectivity index (χ0) is 29.0. The van der Waals surface area contributed by atoms with E-state index in [4.69, 9.17) is 0 Å². The molecule has 0 spiro atoms. The van der Waals surface area contributed by atoms with Gasteiger partial charge in [-0.15, -0.1) is 0 Å². The second kappa shape index (κ2) is 12.0. The predicted molar refractivity (Wildman–Crippen MR) is 147 cm³/mol. The quantitative estimate of drug-likeness (QED) is 0.177. The minimum Gasteiger partial charge on any atom is -0.480 e. The van der Waals surface area contributed by atoms with Crippen molar-refractivity contribution in [2.75, 3.05) is 6.54 Å². The molecule has 0 unspecified atom stereocenters. The van der Waals surface area contributed by atoms with E-state index in [1.807, 2.05) is 38.1 Å². The Morgan fingerprint density at radius 3 is 2.02 bits per heavy atom. The van der Waals surface area contributed by atoms with Crippen molar-refractivity contribution >= 4 is 40.2 Å². The number of fused-ring (bicyclic) bond motifs is 2. The molecule has 0 fully saturated rings. The van der Waals surface area contributed by atoms with Gasteiger partial charge in [-0.2, -0.15) is 0 Å². The minimum atomic E-state index is -1.21. The first-order valence-electron chi connectivity index (χ1n) is 12.9. The molecule has 3 amide bonds. The van der Waals surface area contributed by atoms with Gasteiger partial charge in [0.1, 0.15) is 6.04 Å². The van der Waals surface area contributed by atoms with Crippen LogP contribution in [0.25, 0.3) is 10.8 Å². The maximum atomic E-state index is 13.0. The van der Waals surface area contributed by atoms with E-state index in [0.29, 0.717) is 12.0 Å². The number of non-ortho nitro benzene ring substituents is 1. The van der Waals surface area contributed by atoms with Gasteiger partial charge in [-0.05, 0) is 47.2 Å². The van der Waals surface area contributed by atoms with Gasteiger partial charge in [-0.1, -0.05) is 50.2 Å². The molecule has 0 aromatic heterocycles. The van der Waals surface area contributed by atoms with Crippen LogP contribution in [0.15, 0.2) is 60.7 Å². The molecule has 4 rings (SSSR count). The molecule has 1 aliphatic rings. The maximum absolute atomic E-state index is 13.0. The molecule has 40 heavy (non-hydrogen) atoms. The highest BCUT2D eigenvalue weighted by Crippen LogP contribution is 2.28. The van der Waals surface area contributed by atoms with E-state index >= 15 is 0 Å².